The number of allylic oxidation sites excluding steroid dienone is 1. The lowest BCUT2D eigenvalue weighted by molar-refractivity contribution is 0.160. The predicted octanol–water partition coefficient (Wildman–Crippen LogP) is 2.00. The predicted molar refractivity (Wildman–Crippen MR) is 41.9 cm³/mol. The van der Waals surface area contributed by atoms with Crippen molar-refractivity contribution in [3.05, 3.63) is 11.8 Å². The number of aliphatic hydroxyl groups excluding tert-OH is 2. The normalized spacial score (nSPS) is 15.3. The molecule has 0 saturated heterocycles. The molecule has 0 aromatic carbocycles. The monoisotopic (exact) mass is 144 g/mol. The van der Waals surface area contributed by atoms with Crippen LogP contribution in [0.4, 0.5) is 0 Å². The molecule has 2 nitrogen and oxygen atoms in total. The standard InChI is InChI=1S/C8H16O2/c1-3-8(10)5-4-7(2)6-9/h6,8-10H,3-5H2,1-2H3. The summed E-state index contributed by atoms with van der Waals surface area (Å²) >= 11 is 0. The van der Waals surface area contributed by atoms with Gasteiger partial charge in [0.2, 0.25) is 0 Å². The van der Waals surface area contributed by atoms with Gasteiger partial charge >= 0.3 is 0 Å². The zero-order chi connectivity index (χ0) is 7.98. The summed E-state index contributed by atoms with van der Waals surface area (Å²) in [5.41, 5.74) is 0.924. The fourth-order valence-corrected chi connectivity index (χ4v) is 0.663. The Balaban J connectivity index is 3.35. The summed E-state index contributed by atoms with van der Waals surface area (Å²) in [5.74, 6) is 0. The topological polar surface area (TPSA) is 40.5 Å². The highest BCUT2D eigenvalue weighted by molar-refractivity contribution is 4.91. The Morgan fingerprint density at radius 1 is 1.60 bits per heavy atom. The molecule has 0 aliphatic rings. The molecule has 0 saturated carbocycles. The molecule has 0 fully saturated rings. The SMILES string of the molecule is CCC(O)CCC(C)=CO. The van der Waals surface area contributed by atoms with Crippen LogP contribution in [0.1, 0.15) is 33.1 Å². The molecule has 10 heavy (non-hydrogen) atoms. The molecule has 0 aliphatic carbocycles. The van der Waals surface area contributed by atoms with Crippen molar-refractivity contribution >= 4 is 0 Å². The molecule has 0 radical (unpaired) electrons. The molecule has 0 amide bonds. The van der Waals surface area contributed by atoms with Gasteiger partial charge in [0.05, 0.1) is 12.4 Å². The van der Waals surface area contributed by atoms with Gasteiger partial charge in [-0.15, -0.1) is 0 Å². The molecular formula is C8H16O2. The molecule has 0 aromatic rings. The molecule has 1 unspecified atom stereocenters. The van der Waals surface area contributed by atoms with Crippen molar-refractivity contribution in [1.82, 2.24) is 0 Å². The Morgan fingerprint density at radius 2 is 2.20 bits per heavy atom. The first-order valence-corrected chi connectivity index (χ1v) is 3.68. The fraction of sp³-hybridized carbons (Fsp3) is 0.750. The second-order valence-electron chi connectivity index (χ2n) is 2.58. The van der Waals surface area contributed by atoms with E-state index >= 15 is 0 Å². The number of hydrogen-bond acceptors (Lipinski definition) is 2. The molecule has 2 heteroatoms. The molecule has 2 N–H and O–H groups in total. The van der Waals surface area contributed by atoms with E-state index in [1.165, 1.54) is 0 Å². The van der Waals surface area contributed by atoms with E-state index in [4.69, 9.17) is 10.2 Å². The fourth-order valence-electron chi connectivity index (χ4n) is 0.663. The highest BCUT2D eigenvalue weighted by atomic mass is 16.3. The summed E-state index contributed by atoms with van der Waals surface area (Å²) in [5, 5.41) is 17.6. The van der Waals surface area contributed by atoms with Crippen LogP contribution in [0.5, 0.6) is 0 Å². The van der Waals surface area contributed by atoms with Crippen molar-refractivity contribution in [1.29, 1.82) is 0 Å². The number of aliphatic hydroxyl groups is 2. The van der Waals surface area contributed by atoms with Gasteiger partial charge in [-0.25, -0.2) is 0 Å². The van der Waals surface area contributed by atoms with Crippen LogP contribution in [-0.4, -0.2) is 16.3 Å². The average molecular weight is 144 g/mol. The van der Waals surface area contributed by atoms with Crippen LogP contribution in [0.25, 0.3) is 0 Å². The van der Waals surface area contributed by atoms with E-state index in [-0.39, 0.29) is 6.10 Å². The minimum absolute atomic E-state index is 0.213. The summed E-state index contributed by atoms with van der Waals surface area (Å²) in [6.45, 7) is 3.80. The van der Waals surface area contributed by atoms with Gasteiger partial charge in [-0.05, 0) is 31.8 Å². The van der Waals surface area contributed by atoms with Crippen LogP contribution in [0.2, 0.25) is 0 Å². The Hall–Kier alpha value is -0.500. The van der Waals surface area contributed by atoms with Crippen molar-refractivity contribution in [2.75, 3.05) is 0 Å². The zero-order valence-electron chi connectivity index (χ0n) is 6.67. The maximum Gasteiger partial charge on any atom is 0.0780 e. The summed E-state index contributed by atoms with van der Waals surface area (Å²) in [4.78, 5) is 0. The van der Waals surface area contributed by atoms with Crippen LogP contribution in [0, 0.1) is 0 Å². The zero-order valence-corrected chi connectivity index (χ0v) is 6.67. The summed E-state index contributed by atoms with van der Waals surface area (Å²) in [6, 6.07) is 0. The lowest BCUT2D eigenvalue weighted by Gasteiger charge is -2.05. The largest absolute Gasteiger partial charge is 0.516 e. The van der Waals surface area contributed by atoms with Gasteiger partial charge < -0.3 is 10.2 Å². The van der Waals surface area contributed by atoms with Crippen LogP contribution >= 0.6 is 0 Å². The van der Waals surface area contributed by atoms with Gasteiger partial charge in [-0.1, -0.05) is 6.92 Å². The van der Waals surface area contributed by atoms with E-state index < -0.39 is 0 Å². The Kier molecular flexibility index (Phi) is 5.03. The summed E-state index contributed by atoms with van der Waals surface area (Å²) < 4.78 is 0. The minimum Gasteiger partial charge on any atom is -0.516 e. The third kappa shape index (κ3) is 4.39. The van der Waals surface area contributed by atoms with Gasteiger partial charge in [0.15, 0.2) is 0 Å². The lowest BCUT2D eigenvalue weighted by Crippen LogP contribution is -2.03. The van der Waals surface area contributed by atoms with Crippen LogP contribution in [-0.2, 0) is 0 Å². The maximum atomic E-state index is 9.09. The lowest BCUT2D eigenvalue weighted by atomic mass is 10.1. The molecule has 0 rings (SSSR count). The molecule has 0 aliphatic heterocycles. The van der Waals surface area contributed by atoms with E-state index in [9.17, 15) is 0 Å². The third-order valence-electron chi connectivity index (χ3n) is 1.56. The molecule has 0 bridgehead atoms. The summed E-state index contributed by atoms with van der Waals surface area (Å²) in [6.07, 6.45) is 3.21. The van der Waals surface area contributed by atoms with E-state index in [1.807, 2.05) is 13.8 Å². The molecule has 60 valence electrons. The van der Waals surface area contributed by atoms with Gasteiger partial charge in [-0.2, -0.15) is 0 Å². The Morgan fingerprint density at radius 3 is 2.60 bits per heavy atom. The smallest absolute Gasteiger partial charge is 0.0780 e. The molecule has 0 heterocycles. The van der Waals surface area contributed by atoms with Gasteiger partial charge in [0.1, 0.15) is 0 Å². The van der Waals surface area contributed by atoms with E-state index in [0.29, 0.717) is 0 Å². The summed E-state index contributed by atoms with van der Waals surface area (Å²) in [7, 11) is 0. The van der Waals surface area contributed by atoms with E-state index in [2.05, 4.69) is 0 Å². The van der Waals surface area contributed by atoms with Crippen molar-refractivity contribution in [2.45, 2.75) is 39.2 Å². The first kappa shape index (κ1) is 9.50. The quantitative estimate of drug-likeness (QED) is 0.592. The molecule has 0 aromatic heterocycles. The third-order valence-corrected chi connectivity index (χ3v) is 1.56. The van der Waals surface area contributed by atoms with Gasteiger partial charge in [0, 0.05) is 0 Å². The first-order valence-electron chi connectivity index (χ1n) is 3.68. The molecule has 0 spiro atoms. The van der Waals surface area contributed by atoms with Crippen molar-refractivity contribution in [2.24, 2.45) is 0 Å². The van der Waals surface area contributed by atoms with Crippen molar-refractivity contribution in [3.63, 3.8) is 0 Å². The first-order chi connectivity index (χ1) is 4.70. The highest BCUT2D eigenvalue weighted by Gasteiger charge is 1.99. The van der Waals surface area contributed by atoms with Crippen LogP contribution in [0.3, 0.4) is 0 Å². The average Bonchev–Trinajstić information content (AvgIpc) is 1.99. The van der Waals surface area contributed by atoms with Gasteiger partial charge in [-0.3, -0.25) is 0 Å². The van der Waals surface area contributed by atoms with Crippen molar-refractivity contribution < 1.29 is 10.2 Å². The Bertz CT molecular complexity index is 108. The highest BCUT2D eigenvalue weighted by Crippen LogP contribution is 2.07. The maximum absolute atomic E-state index is 9.09. The molecular weight excluding hydrogens is 128 g/mol. The van der Waals surface area contributed by atoms with Crippen LogP contribution < -0.4 is 0 Å². The number of rotatable bonds is 4. The second kappa shape index (κ2) is 5.30. The van der Waals surface area contributed by atoms with Crippen molar-refractivity contribution in [3.8, 4) is 0 Å². The Labute approximate surface area is 62.2 Å². The number of hydrogen-bond donors (Lipinski definition) is 2. The minimum atomic E-state index is -0.213. The van der Waals surface area contributed by atoms with E-state index in [0.717, 1.165) is 31.1 Å². The second-order valence-corrected chi connectivity index (χ2v) is 2.58. The van der Waals surface area contributed by atoms with Gasteiger partial charge in [0.25, 0.3) is 0 Å². The van der Waals surface area contributed by atoms with E-state index in [1.54, 1.807) is 0 Å². The van der Waals surface area contributed by atoms with Crippen LogP contribution in [0.15, 0.2) is 11.8 Å². The molecule has 1 atom stereocenters.